The van der Waals surface area contributed by atoms with Crippen molar-refractivity contribution in [1.82, 2.24) is 0 Å². The van der Waals surface area contributed by atoms with Crippen LogP contribution in [0.3, 0.4) is 0 Å². The molecule has 7 aromatic rings. The summed E-state index contributed by atoms with van der Waals surface area (Å²) in [6.07, 6.45) is 0. The Hall–Kier alpha value is -5.05. The summed E-state index contributed by atoms with van der Waals surface area (Å²) in [5.74, 6) is 0. The molecule has 1 aliphatic carbocycles. The molecule has 7 aromatic carbocycles. The zero-order chi connectivity index (χ0) is 28.4. The molecule has 1 aliphatic heterocycles. The number of hydrogen-bond donors (Lipinski definition) is 1. The molecular weight excluding hydrogens is 539 g/mol. The van der Waals surface area contributed by atoms with Crippen LogP contribution >= 0.6 is 11.8 Å². The first kappa shape index (κ1) is 24.5. The highest BCUT2D eigenvalue weighted by atomic mass is 32.2. The second-order valence-corrected chi connectivity index (χ2v) is 12.4. The molecule has 43 heavy (non-hydrogen) atoms. The van der Waals surface area contributed by atoms with Gasteiger partial charge in [0.15, 0.2) is 0 Å². The summed E-state index contributed by atoms with van der Waals surface area (Å²) in [5.41, 5.74) is 12.4. The number of nitrogens with one attached hydrogen (secondary N) is 1. The second-order valence-electron chi connectivity index (χ2n) is 11.3. The summed E-state index contributed by atoms with van der Waals surface area (Å²) in [5, 5.41) is 6.31. The first-order chi connectivity index (χ1) is 21.3. The lowest BCUT2D eigenvalue weighted by Crippen LogP contribution is -2.32. The van der Waals surface area contributed by atoms with E-state index < -0.39 is 0 Å². The van der Waals surface area contributed by atoms with Gasteiger partial charge in [-0.1, -0.05) is 139 Å². The molecule has 2 aliphatic rings. The van der Waals surface area contributed by atoms with Gasteiger partial charge in [-0.15, -0.1) is 0 Å². The largest absolute Gasteiger partial charge is 0.355 e. The number of benzene rings is 7. The Morgan fingerprint density at radius 2 is 1.02 bits per heavy atom. The van der Waals surface area contributed by atoms with Gasteiger partial charge in [0.1, 0.15) is 0 Å². The van der Waals surface area contributed by atoms with Gasteiger partial charge in [-0.05, 0) is 80.2 Å². The van der Waals surface area contributed by atoms with E-state index in [1.807, 2.05) is 11.8 Å². The molecule has 2 heteroatoms. The molecule has 1 nitrogen and oxygen atoms in total. The molecule has 1 N–H and O–H groups in total. The van der Waals surface area contributed by atoms with Crippen LogP contribution in [0.2, 0.25) is 0 Å². The molecule has 0 saturated carbocycles. The average molecular weight is 566 g/mol. The highest BCUT2D eigenvalue weighted by Crippen LogP contribution is 2.62. The molecule has 0 amide bonds. The normalized spacial score (nSPS) is 13.7. The Kier molecular flexibility index (Phi) is 5.41. The van der Waals surface area contributed by atoms with E-state index in [1.54, 1.807) is 0 Å². The van der Waals surface area contributed by atoms with E-state index >= 15 is 0 Å². The predicted molar refractivity (Wildman–Crippen MR) is 181 cm³/mol. The van der Waals surface area contributed by atoms with Gasteiger partial charge in [-0.2, -0.15) is 0 Å². The fourth-order valence-corrected chi connectivity index (χ4v) is 8.55. The van der Waals surface area contributed by atoms with Gasteiger partial charge in [0.05, 0.1) is 5.41 Å². The first-order valence-electron chi connectivity index (χ1n) is 14.8. The van der Waals surface area contributed by atoms with Crippen molar-refractivity contribution in [1.29, 1.82) is 0 Å². The average Bonchev–Trinajstić information content (AvgIpc) is 3.36. The fraction of sp³-hybridized carbons (Fsp3) is 0.0244. The van der Waals surface area contributed by atoms with Crippen LogP contribution in [0, 0.1) is 0 Å². The molecule has 0 aromatic heterocycles. The molecular formula is C41H27NS. The van der Waals surface area contributed by atoms with Gasteiger partial charge in [0.2, 0.25) is 0 Å². The van der Waals surface area contributed by atoms with Crippen LogP contribution < -0.4 is 5.32 Å². The van der Waals surface area contributed by atoms with E-state index in [0.717, 1.165) is 11.4 Å². The third-order valence-corrected chi connectivity index (χ3v) is 10.3. The summed E-state index contributed by atoms with van der Waals surface area (Å²) >= 11 is 1.88. The molecule has 1 heterocycles. The standard InChI is InChI=1S/C41H27NS/c1-2-12-27(13-3-1)29-16-10-18-33-30(29)17-11-22-38(33)42-28-24-25-40-37(26-28)41(36-21-8-9-23-39(36)43-40)34-19-6-4-14-31(34)32-15-5-7-20-35(32)41/h1-26,42H. The Morgan fingerprint density at radius 1 is 0.419 bits per heavy atom. The van der Waals surface area contributed by atoms with Crippen LogP contribution in [0.15, 0.2) is 168 Å². The lowest BCUT2D eigenvalue weighted by Gasteiger charge is -2.40. The highest BCUT2D eigenvalue weighted by molar-refractivity contribution is 7.99. The van der Waals surface area contributed by atoms with Crippen molar-refractivity contribution >= 4 is 33.9 Å². The van der Waals surface area contributed by atoms with E-state index in [0.29, 0.717) is 0 Å². The number of rotatable bonds is 3. The predicted octanol–water partition coefficient (Wildman–Crippen LogP) is 11.1. The maximum Gasteiger partial charge on any atom is 0.0736 e. The van der Waals surface area contributed by atoms with E-state index in [1.165, 1.54) is 65.1 Å². The van der Waals surface area contributed by atoms with Crippen LogP contribution in [-0.4, -0.2) is 0 Å². The van der Waals surface area contributed by atoms with Crippen molar-refractivity contribution in [2.45, 2.75) is 15.2 Å². The van der Waals surface area contributed by atoms with Crippen molar-refractivity contribution in [3.63, 3.8) is 0 Å². The third kappa shape index (κ3) is 3.54. The Bertz CT molecular complexity index is 2150. The molecule has 0 atom stereocenters. The Morgan fingerprint density at radius 3 is 1.81 bits per heavy atom. The van der Waals surface area contributed by atoms with E-state index in [9.17, 15) is 0 Å². The van der Waals surface area contributed by atoms with E-state index in [-0.39, 0.29) is 5.41 Å². The van der Waals surface area contributed by atoms with Gasteiger partial charge in [0.25, 0.3) is 0 Å². The maximum atomic E-state index is 3.84. The minimum absolute atomic E-state index is 0.374. The van der Waals surface area contributed by atoms with Crippen LogP contribution in [0.4, 0.5) is 11.4 Å². The molecule has 1 spiro atoms. The van der Waals surface area contributed by atoms with Gasteiger partial charge >= 0.3 is 0 Å². The minimum atomic E-state index is -0.374. The van der Waals surface area contributed by atoms with Crippen LogP contribution in [0.1, 0.15) is 22.3 Å². The first-order valence-corrected chi connectivity index (χ1v) is 15.6. The van der Waals surface area contributed by atoms with Crippen LogP contribution in [0.5, 0.6) is 0 Å². The minimum Gasteiger partial charge on any atom is -0.355 e. The smallest absolute Gasteiger partial charge is 0.0736 e. The second kappa shape index (κ2) is 9.49. The van der Waals surface area contributed by atoms with Crippen LogP contribution in [-0.2, 0) is 5.41 Å². The lowest BCUT2D eigenvalue weighted by molar-refractivity contribution is 0.723. The Labute approximate surface area is 255 Å². The summed E-state index contributed by atoms with van der Waals surface area (Å²) in [7, 11) is 0. The molecule has 202 valence electrons. The van der Waals surface area contributed by atoms with Crippen LogP contribution in [0.25, 0.3) is 33.0 Å². The van der Waals surface area contributed by atoms with Crippen molar-refractivity contribution in [3.05, 3.63) is 180 Å². The van der Waals surface area contributed by atoms with Crippen molar-refractivity contribution in [2.75, 3.05) is 5.32 Å². The molecule has 0 saturated heterocycles. The van der Waals surface area contributed by atoms with Gasteiger partial charge in [-0.25, -0.2) is 0 Å². The summed E-state index contributed by atoms with van der Waals surface area (Å²) in [4.78, 5) is 2.63. The summed E-state index contributed by atoms with van der Waals surface area (Å²) in [6.45, 7) is 0. The molecule has 0 bridgehead atoms. The summed E-state index contributed by atoms with van der Waals surface area (Å²) < 4.78 is 0. The van der Waals surface area contributed by atoms with Crippen molar-refractivity contribution < 1.29 is 0 Å². The topological polar surface area (TPSA) is 12.0 Å². The third-order valence-electron chi connectivity index (χ3n) is 9.13. The quantitative estimate of drug-likeness (QED) is 0.229. The zero-order valence-corrected chi connectivity index (χ0v) is 24.2. The van der Waals surface area contributed by atoms with Gasteiger partial charge in [0, 0.05) is 26.6 Å². The van der Waals surface area contributed by atoms with E-state index in [2.05, 4.69) is 163 Å². The van der Waals surface area contributed by atoms with Crippen molar-refractivity contribution in [2.24, 2.45) is 0 Å². The SMILES string of the molecule is c1ccc(-c2cccc3c(Nc4ccc5c(c4)C4(c6ccccc6S5)c5ccccc5-c5ccccc54)cccc23)cc1. The molecule has 0 radical (unpaired) electrons. The Balaban J connectivity index is 1.24. The number of hydrogen-bond acceptors (Lipinski definition) is 2. The molecule has 0 unspecified atom stereocenters. The van der Waals surface area contributed by atoms with E-state index in [4.69, 9.17) is 0 Å². The maximum absolute atomic E-state index is 3.84. The van der Waals surface area contributed by atoms with Gasteiger partial charge in [-0.3, -0.25) is 0 Å². The monoisotopic (exact) mass is 565 g/mol. The highest BCUT2D eigenvalue weighted by Gasteiger charge is 2.50. The van der Waals surface area contributed by atoms with Crippen molar-refractivity contribution in [3.8, 4) is 22.3 Å². The zero-order valence-electron chi connectivity index (χ0n) is 23.4. The lowest BCUT2D eigenvalue weighted by atomic mass is 9.67. The number of fused-ring (bicyclic) bond motifs is 10. The fourth-order valence-electron chi connectivity index (χ4n) is 7.38. The number of anilines is 2. The summed E-state index contributed by atoms with van der Waals surface area (Å²) in [6, 6.07) is 57.7. The van der Waals surface area contributed by atoms with Gasteiger partial charge < -0.3 is 5.32 Å². The molecule has 9 rings (SSSR count). The molecule has 0 fully saturated rings.